The lowest BCUT2D eigenvalue weighted by atomic mass is 10.1. The average molecular weight is 446 g/mol. The number of ether oxygens (including phenoxy) is 1. The van der Waals surface area contributed by atoms with Crippen LogP contribution in [0.15, 0.2) is 48.7 Å². The van der Waals surface area contributed by atoms with Crippen LogP contribution in [0, 0.1) is 6.92 Å². The predicted octanol–water partition coefficient (Wildman–Crippen LogP) is 3.63. The second kappa shape index (κ2) is 8.53. The van der Waals surface area contributed by atoms with E-state index in [1.54, 1.807) is 0 Å². The number of nitrogens with two attached hydrogens (primary N) is 1. The van der Waals surface area contributed by atoms with Gasteiger partial charge in [-0.3, -0.25) is 9.36 Å². The molecule has 3 N–H and O–H groups in total. The molecule has 3 rings (SSSR count). The van der Waals surface area contributed by atoms with E-state index in [1.165, 1.54) is 23.8 Å². The lowest BCUT2D eigenvalue weighted by Crippen LogP contribution is -2.28. The van der Waals surface area contributed by atoms with Crippen LogP contribution in [0.3, 0.4) is 0 Å². The van der Waals surface area contributed by atoms with Crippen molar-refractivity contribution in [2.45, 2.75) is 20.0 Å². The fourth-order valence-corrected chi connectivity index (χ4v) is 2.81. The van der Waals surface area contributed by atoms with E-state index in [2.05, 4.69) is 15.0 Å². The predicted molar refractivity (Wildman–Crippen MR) is 109 cm³/mol. The molecule has 0 saturated carbocycles. The first-order valence-corrected chi connectivity index (χ1v) is 9.13. The molecule has 3 aromatic rings. The molecule has 11 heteroatoms. The van der Waals surface area contributed by atoms with Gasteiger partial charge in [0.2, 0.25) is 11.9 Å². The van der Waals surface area contributed by atoms with E-state index in [9.17, 15) is 27.6 Å². The van der Waals surface area contributed by atoms with Gasteiger partial charge in [-0.05, 0) is 25.1 Å². The number of nitrogens with zero attached hydrogens (tertiary/aromatic N) is 2. The number of aryl methyl sites for hydroxylation is 1. The highest BCUT2D eigenvalue weighted by atomic mass is 19.4. The fourth-order valence-electron chi connectivity index (χ4n) is 2.81. The number of rotatable bonds is 4. The van der Waals surface area contributed by atoms with Crippen LogP contribution >= 0.6 is 0 Å². The Bertz CT molecular complexity index is 1200. The number of nitrogen functional groups attached to an aromatic ring is 1. The van der Waals surface area contributed by atoms with Crippen LogP contribution in [0.4, 0.5) is 24.8 Å². The zero-order valence-corrected chi connectivity index (χ0v) is 16.9. The number of alkyl halides is 3. The Kier molecular flexibility index (Phi) is 6.01. The normalized spacial score (nSPS) is 11.2. The molecule has 0 unspecified atom stereocenters. The van der Waals surface area contributed by atoms with Gasteiger partial charge in [-0.25, -0.2) is 14.6 Å². The van der Waals surface area contributed by atoms with Gasteiger partial charge >= 0.3 is 18.1 Å². The zero-order chi connectivity index (χ0) is 23.6. The molecule has 0 saturated heterocycles. The molecule has 0 aliphatic rings. The number of amides is 1. The summed E-state index contributed by atoms with van der Waals surface area (Å²) in [5.74, 6) is -4.60. The van der Waals surface area contributed by atoms with Gasteiger partial charge in [0.05, 0.1) is 22.6 Å². The number of imidazole rings is 1. The number of hydrogen-bond acceptors (Lipinski definition) is 6. The summed E-state index contributed by atoms with van der Waals surface area (Å²) in [6.07, 6.45) is -3.79. The van der Waals surface area contributed by atoms with Crippen LogP contribution in [-0.2, 0) is 14.3 Å². The van der Waals surface area contributed by atoms with Gasteiger partial charge < -0.3 is 15.8 Å². The summed E-state index contributed by atoms with van der Waals surface area (Å²) >= 11 is 0. The summed E-state index contributed by atoms with van der Waals surface area (Å²) in [6, 6.07) is 10.9. The molecule has 0 bridgehead atoms. The van der Waals surface area contributed by atoms with Crippen molar-refractivity contribution in [2.75, 3.05) is 11.1 Å². The molecule has 8 nitrogen and oxygen atoms in total. The first-order valence-electron chi connectivity index (χ1n) is 9.13. The van der Waals surface area contributed by atoms with Crippen LogP contribution in [-0.4, -0.2) is 33.6 Å². The highest BCUT2D eigenvalue weighted by molar-refractivity contribution is 6.00. The third-order valence-electron chi connectivity index (χ3n) is 4.30. The molecule has 2 aromatic carbocycles. The van der Waals surface area contributed by atoms with E-state index >= 15 is 0 Å². The molecule has 1 aromatic heterocycles. The summed E-state index contributed by atoms with van der Waals surface area (Å²) in [5.41, 5.74) is 8.26. The van der Waals surface area contributed by atoms with Gasteiger partial charge in [0.1, 0.15) is 0 Å². The van der Waals surface area contributed by atoms with Crippen molar-refractivity contribution < 1.29 is 32.3 Å². The Morgan fingerprint density at radius 2 is 1.75 bits per heavy atom. The minimum atomic E-state index is -5.33. The van der Waals surface area contributed by atoms with Gasteiger partial charge in [0.25, 0.3) is 0 Å². The first kappa shape index (κ1) is 22.5. The maximum absolute atomic E-state index is 12.4. The smallest absolute Gasteiger partial charge is 0.383 e. The van der Waals surface area contributed by atoms with Gasteiger partial charge in [-0.1, -0.05) is 29.8 Å². The Morgan fingerprint density at radius 1 is 1.09 bits per heavy atom. The minimum Gasteiger partial charge on any atom is -0.383 e. The highest BCUT2D eigenvalue weighted by Crippen LogP contribution is 2.29. The summed E-state index contributed by atoms with van der Waals surface area (Å²) in [5, 5.41) is 2.54. The molecule has 1 amide bonds. The molecule has 0 spiro atoms. The number of aromatic nitrogens is 2. The Balaban J connectivity index is 2.05. The fraction of sp³-hybridized carbons (Fsp3) is 0.143. The van der Waals surface area contributed by atoms with Crippen molar-refractivity contribution in [3.05, 3.63) is 59.8 Å². The number of benzene rings is 2. The van der Waals surface area contributed by atoms with E-state index in [-0.39, 0.29) is 22.9 Å². The third kappa shape index (κ3) is 4.94. The van der Waals surface area contributed by atoms with Crippen molar-refractivity contribution in [1.29, 1.82) is 0 Å². The summed E-state index contributed by atoms with van der Waals surface area (Å²) in [7, 11) is 0. The molecule has 166 valence electrons. The molecule has 0 fully saturated rings. The van der Waals surface area contributed by atoms with Gasteiger partial charge in [-0.2, -0.15) is 13.2 Å². The lowest BCUT2D eigenvalue weighted by Gasteiger charge is -2.13. The van der Waals surface area contributed by atoms with Gasteiger partial charge in [0, 0.05) is 18.7 Å². The summed E-state index contributed by atoms with van der Waals surface area (Å²) in [4.78, 5) is 38.9. The van der Waals surface area contributed by atoms with Crippen molar-refractivity contribution in [2.24, 2.45) is 0 Å². The molecule has 0 aliphatic heterocycles. The lowest BCUT2D eigenvalue weighted by molar-refractivity contribution is -0.193. The first-order chi connectivity index (χ1) is 15.0. The Labute approximate surface area is 179 Å². The summed E-state index contributed by atoms with van der Waals surface area (Å²) in [6.45, 7) is 3.17. The standard InChI is InChI=1S/C21H17F3N4O4/c1-11-3-5-13(6-4-11)16-10-28(20(25)27-16)17-9-14(7-8-15(17)26-12(2)29)18(30)32-19(31)21(22,23)24/h3-10H,1-2H3,(H2,25,27)(H,26,29). The van der Waals surface area contributed by atoms with Crippen LogP contribution in [0.25, 0.3) is 16.9 Å². The quantitative estimate of drug-likeness (QED) is 0.467. The van der Waals surface area contributed by atoms with E-state index in [0.29, 0.717) is 5.69 Å². The molecular weight excluding hydrogens is 429 g/mol. The molecule has 0 radical (unpaired) electrons. The van der Waals surface area contributed by atoms with Crippen molar-refractivity contribution >= 4 is 29.5 Å². The average Bonchev–Trinajstić information content (AvgIpc) is 3.09. The number of carbonyl (C=O) groups is 3. The third-order valence-corrected chi connectivity index (χ3v) is 4.30. The van der Waals surface area contributed by atoms with Gasteiger partial charge in [0.15, 0.2) is 0 Å². The maximum atomic E-state index is 12.4. The molecule has 1 heterocycles. The second-order valence-corrected chi connectivity index (χ2v) is 6.81. The topological polar surface area (TPSA) is 116 Å². The van der Waals surface area contributed by atoms with Crippen molar-refractivity contribution in [1.82, 2.24) is 9.55 Å². The monoisotopic (exact) mass is 446 g/mol. The molecule has 0 atom stereocenters. The number of esters is 2. The number of halogens is 3. The highest BCUT2D eigenvalue weighted by Gasteiger charge is 2.42. The number of anilines is 2. The van der Waals surface area contributed by atoms with E-state index in [0.717, 1.165) is 23.3 Å². The zero-order valence-electron chi connectivity index (χ0n) is 16.9. The number of hydrogen-bond donors (Lipinski definition) is 2. The largest absolute Gasteiger partial charge is 0.491 e. The van der Waals surface area contributed by atoms with Crippen LogP contribution < -0.4 is 11.1 Å². The van der Waals surface area contributed by atoms with Crippen molar-refractivity contribution in [3.63, 3.8) is 0 Å². The van der Waals surface area contributed by atoms with Crippen LogP contribution in [0.1, 0.15) is 22.8 Å². The van der Waals surface area contributed by atoms with Gasteiger partial charge in [-0.15, -0.1) is 0 Å². The van der Waals surface area contributed by atoms with E-state index in [4.69, 9.17) is 5.73 Å². The van der Waals surface area contributed by atoms with E-state index < -0.39 is 24.0 Å². The van der Waals surface area contributed by atoms with Crippen LogP contribution in [0.5, 0.6) is 0 Å². The summed E-state index contributed by atoms with van der Waals surface area (Å²) < 4.78 is 42.5. The Morgan fingerprint density at radius 3 is 2.34 bits per heavy atom. The van der Waals surface area contributed by atoms with E-state index in [1.807, 2.05) is 31.2 Å². The van der Waals surface area contributed by atoms with Crippen molar-refractivity contribution in [3.8, 4) is 16.9 Å². The minimum absolute atomic E-state index is 0.0101. The SMILES string of the molecule is CC(=O)Nc1ccc(C(=O)OC(=O)C(F)(F)F)cc1-n1cc(-c2ccc(C)cc2)nc1N. The molecule has 32 heavy (non-hydrogen) atoms. The number of nitrogens with one attached hydrogen (secondary N) is 1. The van der Waals surface area contributed by atoms with Crippen LogP contribution in [0.2, 0.25) is 0 Å². The second-order valence-electron chi connectivity index (χ2n) is 6.81. The molecular formula is C21H17F3N4O4. The molecule has 0 aliphatic carbocycles. The Hall–Kier alpha value is -4.15. The maximum Gasteiger partial charge on any atom is 0.491 e. The number of carbonyl (C=O) groups excluding carboxylic acids is 3.